The first-order valence-electron chi connectivity index (χ1n) is 7.86. The molecule has 0 aliphatic rings. The summed E-state index contributed by atoms with van der Waals surface area (Å²) in [5.74, 6) is -0.220. The fraction of sp³-hybridized carbons (Fsp3) is 0.278. The molecular weight excluding hydrogens is 342 g/mol. The summed E-state index contributed by atoms with van der Waals surface area (Å²) in [7, 11) is 1.50. The molecule has 2 aromatic rings. The molecule has 2 rings (SSSR count). The van der Waals surface area contributed by atoms with Gasteiger partial charge in [-0.05, 0) is 37.1 Å². The van der Waals surface area contributed by atoms with Gasteiger partial charge in [0.05, 0.1) is 12.8 Å². The maximum atomic E-state index is 12.5. The van der Waals surface area contributed by atoms with Crippen LogP contribution in [0.1, 0.15) is 39.8 Å². The molecule has 25 heavy (non-hydrogen) atoms. The average Bonchev–Trinajstić information content (AvgIpc) is 2.62. The number of methoxy groups -OCH3 is 1. The lowest BCUT2D eigenvalue weighted by Crippen LogP contribution is -2.25. The summed E-state index contributed by atoms with van der Waals surface area (Å²) in [6.45, 7) is 4.34. The third-order valence-electron chi connectivity index (χ3n) is 3.52. The number of hydrogen-bond acceptors (Lipinski definition) is 4. The van der Waals surface area contributed by atoms with E-state index in [1.807, 2.05) is 13.8 Å². The molecule has 1 aromatic carbocycles. The predicted octanol–water partition coefficient (Wildman–Crippen LogP) is 3.44. The normalized spacial score (nSPS) is 10.2. The number of nitrogens with one attached hydrogen (secondary N) is 2. The van der Waals surface area contributed by atoms with Crippen LogP contribution < -0.4 is 15.4 Å². The summed E-state index contributed by atoms with van der Waals surface area (Å²) < 4.78 is 5.25. The van der Waals surface area contributed by atoms with Crippen molar-refractivity contribution < 1.29 is 14.3 Å². The van der Waals surface area contributed by atoms with Crippen LogP contribution in [0.15, 0.2) is 30.5 Å². The fourth-order valence-corrected chi connectivity index (χ4v) is 2.30. The number of halogens is 1. The van der Waals surface area contributed by atoms with Gasteiger partial charge in [-0.1, -0.05) is 18.5 Å². The van der Waals surface area contributed by atoms with Crippen LogP contribution in [0, 0.1) is 6.92 Å². The van der Waals surface area contributed by atoms with Gasteiger partial charge in [0.25, 0.3) is 11.8 Å². The van der Waals surface area contributed by atoms with Gasteiger partial charge >= 0.3 is 0 Å². The van der Waals surface area contributed by atoms with Crippen LogP contribution in [0.3, 0.4) is 0 Å². The van der Waals surface area contributed by atoms with Gasteiger partial charge in [-0.25, -0.2) is 0 Å². The lowest BCUT2D eigenvalue weighted by Gasteiger charge is -2.12. The van der Waals surface area contributed by atoms with Gasteiger partial charge in [-0.3, -0.25) is 14.6 Å². The number of benzene rings is 1. The minimum atomic E-state index is -0.369. The lowest BCUT2D eigenvalue weighted by molar-refractivity contribution is 0.0948. The standard InChI is InChI=1S/C18H20ClN3O3/c1-4-6-21-18(24)15-9-12(5-7-20-15)17(23)22-14-8-11(2)13(19)10-16(14)25-3/h5,7-10H,4,6H2,1-3H3,(H,21,24)(H,22,23). The Morgan fingerprint density at radius 1 is 1.24 bits per heavy atom. The molecule has 0 saturated heterocycles. The number of aromatic nitrogens is 1. The van der Waals surface area contributed by atoms with Crippen molar-refractivity contribution >= 4 is 29.1 Å². The van der Waals surface area contributed by atoms with E-state index in [1.165, 1.54) is 19.4 Å². The van der Waals surface area contributed by atoms with Crippen LogP contribution in [0.4, 0.5) is 5.69 Å². The molecule has 2 N–H and O–H groups in total. The maximum absolute atomic E-state index is 12.5. The first kappa shape index (κ1) is 18.7. The molecule has 1 heterocycles. The van der Waals surface area contributed by atoms with Crippen LogP contribution >= 0.6 is 11.6 Å². The SMILES string of the molecule is CCCNC(=O)c1cc(C(=O)Nc2cc(C)c(Cl)cc2OC)ccn1. The molecule has 0 atom stereocenters. The Morgan fingerprint density at radius 3 is 2.68 bits per heavy atom. The molecule has 0 fully saturated rings. The third kappa shape index (κ3) is 4.70. The minimum Gasteiger partial charge on any atom is -0.495 e. The van der Waals surface area contributed by atoms with E-state index in [0.717, 1.165) is 12.0 Å². The largest absolute Gasteiger partial charge is 0.495 e. The van der Waals surface area contributed by atoms with Crippen molar-refractivity contribution in [2.24, 2.45) is 0 Å². The van der Waals surface area contributed by atoms with Crippen molar-refractivity contribution in [3.63, 3.8) is 0 Å². The van der Waals surface area contributed by atoms with Crippen molar-refractivity contribution in [2.45, 2.75) is 20.3 Å². The quantitative estimate of drug-likeness (QED) is 0.825. The van der Waals surface area contributed by atoms with Crippen LogP contribution in [0.25, 0.3) is 0 Å². The first-order chi connectivity index (χ1) is 12.0. The highest BCUT2D eigenvalue weighted by Crippen LogP contribution is 2.31. The summed E-state index contributed by atoms with van der Waals surface area (Å²) in [4.78, 5) is 28.5. The zero-order valence-electron chi connectivity index (χ0n) is 14.4. The summed E-state index contributed by atoms with van der Waals surface area (Å²) in [6.07, 6.45) is 2.25. The smallest absolute Gasteiger partial charge is 0.269 e. The molecule has 6 nitrogen and oxygen atoms in total. The molecule has 2 amide bonds. The van der Waals surface area contributed by atoms with Crippen molar-refractivity contribution in [1.29, 1.82) is 0 Å². The number of nitrogens with zero attached hydrogens (tertiary/aromatic N) is 1. The van der Waals surface area contributed by atoms with E-state index in [1.54, 1.807) is 18.2 Å². The van der Waals surface area contributed by atoms with Crippen molar-refractivity contribution in [3.05, 3.63) is 52.3 Å². The van der Waals surface area contributed by atoms with Gasteiger partial charge in [0, 0.05) is 29.4 Å². The number of anilines is 1. The van der Waals surface area contributed by atoms with Crippen LogP contribution in [-0.2, 0) is 0 Å². The highest BCUT2D eigenvalue weighted by atomic mass is 35.5. The second-order valence-corrected chi connectivity index (χ2v) is 5.85. The van der Waals surface area contributed by atoms with Crippen molar-refractivity contribution in [3.8, 4) is 5.75 Å². The van der Waals surface area contributed by atoms with E-state index in [4.69, 9.17) is 16.3 Å². The third-order valence-corrected chi connectivity index (χ3v) is 3.93. The molecule has 0 aliphatic heterocycles. The van der Waals surface area contributed by atoms with Gasteiger partial charge in [0.1, 0.15) is 11.4 Å². The number of hydrogen-bond donors (Lipinski definition) is 2. The highest BCUT2D eigenvalue weighted by molar-refractivity contribution is 6.31. The molecule has 0 radical (unpaired) electrons. The highest BCUT2D eigenvalue weighted by Gasteiger charge is 2.14. The summed E-state index contributed by atoms with van der Waals surface area (Å²) in [6, 6.07) is 6.37. The van der Waals surface area contributed by atoms with E-state index in [2.05, 4.69) is 15.6 Å². The molecule has 0 spiro atoms. The predicted molar refractivity (Wildman–Crippen MR) is 97.6 cm³/mol. The van der Waals surface area contributed by atoms with Crippen LogP contribution in [0.5, 0.6) is 5.75 Å². The molecule has 0 unspecified atom stereocenters. The molecule has 132 valence electrons. The van der Waals surface area contributed by atoms with Crippen LogP contribution in [-0.4, -0.2) is 30.5 Å². The van der Waals surface area contributed by atoms with Gasteiger partial charge in [-0.15, -0.1) is 0 Å². The molecule has 0 bridgehead atoms. The van der Waals surface area contributed by atoms with E-state index < -0.39 is 0 Å². The molecule has 1 aromatic heterocycles. The number of ether oxygens (including phenoxy) is 1. The van der Waals surface area contributed by atoms with Crippen LogP contribution in [0.2, 0.25) is 5.02 Å². The fourth-order valence-electron chi connectivity index (χ4n) is 2.15. The Hall–Kier alpha value is -2.60. The first-order valence-corrected chi connectivity index (χ1v) is 8.23. The Morgan fingerprint density at radius 2 is 2.00 bits per heavy atom. The number of rotatable bonds is 6. The Balaban J connectivity index is 2.22. The monoisotopic (exact) mass is 361 g/mol. The Bertz CT molecular complexity index is 793. The van der Waals surface area contributed by atoms with Crippen molar-refractivity contribution in [1.82, 2.24) is 10.3 Å². The number of carbonyl (C=O) groups is 2. The van der Waals surface area contributed by atoms with E-state index >= 15 is 0 Å². The zero-order chi connectivity index (χ0) is 18.4. The summed E-state index contributed by atoms with van der Waals surface area (Å²) in [5, 5.41) is 6.05. The number of aryl methyl sites for hydroxylation is 1. The number of amides is 2. The van der Waals surface area contributed by atoms with E-state index in [9.17, 15) is 9.59 Å². The molecular formula is C18H20ClN3O3. The second kappa shape index (κ2) is 8.48. The number of carbonyl (C=O) groups excluding carboxylic acids is 2. The minimum absolute atomic E-state index is 0.195. The van der Waals surface area contributed by atoms with E-state index in [-0.39, 0.29) is 17.5 Å². The Kier molecular flexibility index (Phi) is 6.36. The van der Waals surface area contributed by atoms with Gasteiger partial charge in [0.15, 0.2) is 0 Å². The lowest BCUT2D eigenvalue weighted by atomic mass is 10.1. The topological polar surface area (TPSA) is 80.3 Å². The summed E-state index contributed by atoms with van der Waals surface area (Å²) in [5.41, 5.74) is 1.84. The Labute approximate surface area is 151 Å². The molecule has 0 saturated carbocycles. The second-order valence-electron chi connectivity index (χ2n) is 5.44. The van der Waals surface area contributed by atoms with Gasteiger partial charge in [-0.2, -0.15) is 0 Å². The zero-order valence-corrected chi connectivity index (χ0v) is 15.1. The van der Waals surface area contributed by atoms with Gasteiger partial charge < -0.3 is 15.4 Å². The number of pyridine rings is 1. The van der Waals surface area contributed by atoms with Crippen molar-refractivity contribution in [2.75, 3.05) is 19.0 Å². The molecule has 0 aliphatic carbocycles. The molecule has 7 heteroatoms. The average molecular weight is 362 g/mol. The van der Waals surface area contributed by atoms with E-state index in [0.29, 0.717) is 28.6 Å². The maximum Gasteiger partial charge on any atom is 0.269 e. The van der Waals surface area contributed by atoms with Gasteiger partial charge in [0.2, 0.25) is 0 Å². The summed E-state index contributed by atoms with van der Waals surface area (Å²) >= 11 is 6.07.